The SMILES string of the molecule is CCOc1ccc2ccccc2c1C=NNC(=O)c1ccc(Br)cc1. The summed E-state index contributed by atoms with van der Waals surface area (Å²) in [5, 5.41) is 6.23. The van der Waals surface area contributed by atoms with Gasteiger partial charge < -0.3 is 4.74 Å². The van der Waals surface area contributed by atoms with Crippen molar-refractivity contribution in [1.82, 2.24) is 5.43 Å². The molecule has 0 fully saturated rings. The van der Waals surface area contributed by atoms with E-state index in [9.17, 15) is 4.79 Å². The summed E-state index contributed by atoms with van der Waals surface area (Å²) in [6.45, 7) is 2.50. The Labute approximate surface area is 154 Å². The average Bonchev–Trinajstić information content (AvgIpc) is 2.64. The van der Waals surface area contributed by atoms with Crippen LogP contribution in [0.3, 0.4) is 0 Å². The summed E-state index contributed by atoms with van der Waals surface area (Å²) in [6, 6.07) is 19.0. The van der Waals surface area contributed by atoms with Gasteiger partial charge in [-0.1, -0.05) is 46.3 Å². The van der Waals surface area contributed by atoms with Crippen molar-refractivity contribution in [3.8, 4) is 5.75 Å². The van der Waals surface area contributed by atoms with Crippen molar-refractivity contribution in [3.63, 3.8) is 0 Å². The fourth-order valence-electron chi connectivity index (χ4n) is 2.51. The molecule has 4 nitrogen and oxygen atoms in total. The Kier molecular flexibility index (Phi) is 5.46. The number of amides is 1. The lowest BCUT2D eigenvalue weighted by Crippen LogP contribution is -2.17. The minimum atomic E-state index is -0.262. The molecule has 3 rings (SSSR count). The largest absolute Gasteiger partial charge is 0.493 e. The smallest absolute Gasteiger partial charge is 0.271 e. The minimum Gasteiger partial charge on any atom is -0.493 e. The Bertz CT molecular complexity index is 921. The average molecular weight is 397 g/mol. The molecule has 0 heterocycles. The van der Waals surface area contributed by atoms with E-state index in [1.807, 2.05) is 55.5 Å². The van der Waals surface area contributed by atoms with Gasteiger partial charge in [0, 0.05) is 15.6 Å². The van der Waals surface area contributed by atoms with Crippen molar-refractivity contribution in [2.45, 2.75) is 6.92 Å². The van der Waals surface area contributed by atoms with Crippen molar-refractivity contribution in [1.29, 1.82) is 0 Å². The molecule has 0 unspecified atom stereocenters. The van der Waals surface area contributed by atoms with Gasteiger partial charge in [0.2, 0.25) is 0 Å². The Morgan fingerprint density at radius 1 is 1.12 bits per heavy atom. The number of nitrogens with zero attached hydrogens (tertiary/aromatic N) is 1. The fraction of sp³-hybridized carbons (Fsp3) is 0.100. The standard InChI is InChI=1S/C20H17BrN2O2/c1-2-25-19-12-9-14-5-3-4-6-17(14)18(19)13-22-23-20(24)15-7-10-16(21)11-8-15/h3-13H,2H2,1H3,(H,23,24). The zero-order valence-electron chi connectivity index (χ0n) is 13.7. The lowest BCUT2D eigenvalue weighted by atomic mass is 10.0. The number of hydrogen-bond acceptors (Lipinski definition) is 3. The first-order valence-corrected chi connectivity index (χ1v) is 8.72. The van der Waals surface area contributed by atoms with Gasteiger partial charge in [-0.2, -0.15) is 5.10 Å². The molecule has 0 spiro atoms. The van der Waals surface area contributed by atoms with Crippen molar-refractivity contribution < 1.29 is 9.53 Å². The van der Waals surface area contributed by atoms with Crippen molar-refractivity contribution in [2.75, 3.05) is 6.61 Å². The second-order valence-electron chi connectivity index (χ2n) is 5.34. The van der Waals surface area contributed by atoms with E-state index in [2.05, 4.69) is 26.5 Å². The first-order chi connectivity index (χ1) is 12.2. The number of ether oxygens (including phenoxy) is 1. The molecule has 0 radical (unpaired) electrons. The monoisotopic (exact) mass is 396 g/mol. The van der Waals surface area contributed by atoms with E-state index in [1.165, 1.54) is 0 Å². The van der Waals surface area contributed by atoms with Crippen LogP contribution in [0.25, 0.3) is 10.8 Å². The Morgan fingerprint density at radius 3 is 2.64 bits per heavy atom. The molecule has 25 heavy (non-hydrogen) atoms. The van der Waals surface area contributed by atoms with E-state index < -0.39 is 0 Å². The van der Waals surface area contributed by atoms with Gasteiger partial charge in [-0.25, -0.2) is 5.43 Å². The predicted octanol–water partition coefficient (Wildman–Crippen LogP) is 4.76. The van der Waals surface area contributed by atoms with Crippen LogP contribution in [-0.2, 0) is 0 Å². The van der Waals surface area contributed by atoms with Gasteiger partial charge in [-0.3, -0.25) is 4.79 Å². The van der Waals surface area contributed by atoms with Gasteiger partial charge in [-0.05, 0) is 48.0 Å². The summed E-state index contributed by atoms with van der Waals surface area (Å²) < 4.78 is 6.61. The van der Waals surface area contributed by atoms with Crippen LogP contribution >= 0.6 is 15.9 Å². The number of carbonyl (C=O) groups excluding carboxylic acids is 1. The maximum Gasteiger partial charge on any atom is 0.271 e. The molecule has 1 amide bonds. The highest BCUT2D eigenvalue weighted by Gasteiger charge is 2.07. The van der Waals surface area contributed by atoms with Gasteiger partial charge >= 0.3 is 0 Å². The summed E-state index contributed by atoms with van der Waals surface area (Å²) in [6.07, 6.45) is 1.63. The van der Waals surface area contributed by atoms with E-state index in [4.69, 9.17) is 4.74 Å². The van der Waals surface area contributed by atoms with Gasteiger partial charge in [0.25, 0.3) is 5.91 Å². The normalized spacial score (nSPS) is 11.0. The second-order valence-corrected chi connectivity index (χ2v) is 6.25. The molecule has 5 heteroatoms. The van der Waals surface area contributed by atoms with Crippen molar-refractivity contribution in [3.05, 3.63) is 76.3 Å². The molecule has 0 saturated heterocycles. The summed E-state index contributed by atoms with van der Waals surface area (Å²) in [5.41, 5.74) is 3.95. The summed E-state index contributed by atoms with van der Waals surface area (Å²) in [5.74, 6) is 0.477. The van der Waals surface area contributed by atoms with Gasteiger partial charge in [0.05, 0.1) is 12.8 Å². The molecule has 126 valence electrons. The van der Waals surface area contributed by atoms with Gasteiger partial charge in [-0.15, -0.1) is 0 Å². The van der Waals surface area contributed by atoms with Crippen molar-refractivity contribution >= 4 is 38.8 Å². The van der Waals surface area contributed by atoms with Crippen LogP contribution in [0.2, 0.25) is 0 Å². The minimum absolute atomic E-state index is 0.262. The molecule has 0 aliphatic rings. The molecule has 3 aromatic rings. The lowest BCUT2D eigenvalue weighted by molar-refractivity contribution is 0.0955. The number of nitrogens with one attached hydrogen (secondary N) is 1. The number of halogens is 1. The topological polar surface area (TPSA) is 50.7 Å². The highest BCUT2D eigenvalue weighted by atomic mass is 79.9. The summed E-state index contributed by atoms with van der Waals surface area (Å²) in [4.78, 5) is 12.1. The number of carbonyl (C=O) groups is 1. The predicted molar refractivity (Wildman–Crippen MR) is 104 cm³/mol. The Morgan fingerprint density at radius 2 is 1.88 bits per heavy atom. The molecular formula is C20H17BrN2O2. The van der Waals surface area contributed by atoms with Crippen LogP contribution in [0.1, 0.15) is 22.8 Å². The highest BCUT2D eigenvalue weighted by Crippen LogP contribution is 2.26. The number of benzene rings is 3. The lowest BCUT2D eigenvalue weighted by Gasteiger charge is -2.10. The first kappa shape index (κ1) is 17.2. The summed E-state index contributed by atoms with van der Waals surface area (Å²) >= 11 is 3.35. The molecule has 3 aromatic carbocycles. The maximum atomic E-state index is 12.1. The van der Waals surface area contributed by atoms with Crippen LogP contribution in [0, 0.1) is 0 Å². The van der Waals surface area contributed by atoms with Gasteiger partial charge in [0.1, 0.15) is 5.75 Å². The first-order valence-electron chi connectivity index (χ1n) is 7.92. The van der Waals surface area contributed by atoms with Crippen LogP contribution in [0.5, 0.6) is 5.75 Å². The molecule has 1 N–H and O–H groups in total. The number of fused-ring (bicyclic) bond motifs is 1. The van der Waals surface area contributed by atoms with E-state index in [1.54, 1.807) is 18.3 Å². The second kappa shape index (κ2) is 7.94. The highest BCUT2D eigenvalue weighted by molar-refractivity contribution is 9.10. The quantitative estimate of drug-likeness (QED) is 0.498. The van der Waals surface area contributed by atoms with Crippen LogP contribution in [-0.4, -0.2) is 18.7 Å². The maximum absolute atomic E-state index is 12.1. The van der Waals surface area contributed by atoms with Crippen molar-refractivity contribution in [2.24, 2.45) is 5.10 Å². The Balaban J connectivity index is 1.86. The fourth-order valence-corrected chi connectivity index (χ4v) is 2.78. The number of hydrazone groups is 1. The summed E-state index contributed by atoms with van der Waals surface area (Å²) in [7, 11) is 0. The molecular weight excluding hydrogens is 380 g/mol. The van der Waals surface area contributed by atoms with Gasteiger partial charge in [0.15, 0.2) is 0 Å². The third kappa shape index (κ3) is 4.06. The van der Waals surface area contributed by atoms with Crippen LogP contribution < -0.4 is 10.2 Å². The van der Waals surface area contributed by atoms with E-state index in [-0.39, 0.29) is 5.91 Å². The van der Waals surface area contributed by atoms with E-state index >= 15 is 0 Å². The zero-order chi connectivity index (χ0) is 17.6. The third-order valence-electron chi connectivity index (χ3n) is 3.70. The zero-order valence-corrected chi connectivity index (χ0v) is 15.3. The number of hydrogen-bond donors (Lipinski definition) is 1. The van der Waals surface area contributed by atoms with E-state index in [0.717, 1.165) is 26.6 Å². The third-order valence-corrected chi connectivity index (χ3v) is 4.23. The molecule has 0 atom stereocenters. The molecule has 0 aliphatic heterocycles. The Hall–Kier alpha value is -2.66. The van der Waals surface area contributed by atoms with Crippen LogP contribution in [0.15, 0.2) is 70.2 Å². The molecule has 0 aromatic heterocycles. The van der Waals surface area contributed by atoms with Crippen LogP contribution in [0.4, 0.5) is 0 Å². The number of rotatable bonds is 5. The molecule has 0 bridgehead atoms. The molecule has 0 aliphatic carbocycles. The molecule has 0 saturated carbocycles. The van der Waals surface area contributed by atoms with E-state index in [0.29, 0.717) is 12.2 Å².